The van der Waals surface area contributed by atoms with Gasteiger partial charge in [-0.25, -0.2) is 9.18 Å². The van der Waals surface area contributed by atoms with Crippen LogP contribution in [0.15, 0.2) is 24.3 Å². The van der Waals surface area contributed by atoms with Gasteiger partial charge in [-0.15, -0.1) is 0 Å². The highest BCUT2D eigenvalue weighted by molar-refractivity contribution is 5.85. The van der Waals surface area contributed by atoms with E-state index in [9.17, 15) is 9.18 Å². The van der Waals surface area contributed by atoms with Crippen molar-refractivity contribution in [3.63, 3.8) is 0 Å². The Balaban J connectivity index is 2.04. The topological polar surface area (TPSA) is 40.5 Å². The van der Waals surface area contributed by atoms with Gasteiger partial charge in [0.15, 0.2) is 0 Å². The van der Waals surface area contributed by atoms with Crippen LogP contribution in [0.4, 0.5) is 4.39 Å². The Hall–Kier alpha value is -1.68. The van der Waals surface area contributed by atoms with Crippen molar-refractivity contribution in [2.75, 3.05) is 13.1 Å². The van der Waals surface area contributed by atoms with Crippen molar-refractivity contribution >= 4 is 12.0 Å². The highest BCUT2D eigenvalue weighted by atomic mass is 19.1. The fourth-order valence-electron chi connectivity index (χ4n) is 2.32. The summed E-state index contributed by atoms with van der Waals surface area (Å²) in [5.74, 6) is -1.30. The molecule has 0 aliphatic carbocycles. The number of halogens is 1. The molecule has 0 spiro atoms. The molecule has 0 aromatic heterocycles. The lowest BCUT2D eigenvalue weighted by atomic mass is 10.1. The summed E-state index contributed by atoms with van der Waals surface area (Å²) in [6.07, 6.45) is 6.04. The number of carbonyl (C=O) groups is 1. The van der Waals surface area contributed by atoms with E-state index in [0.29, 0.717) is 17.7 Å². The first-order chi connectivity index (χ1) is 9.15. The van der Waals surface area contributed by atoms with Crippen molar-refractivity contribution in [1.82, 2.24) is 4.90 Å². The summed E-state index contributed by atoms with van der Waals surface area (Å²) in [4.78, 5) is 12.7. The number of nitrogens with zero attached hydrogens (tertiary/aromatic N) is 1. The van der Waals surface area contributed by atoms with E-state index in [2.05, 4.69) is 4.90 Å². The summed E-state index contributed by atoms with van der Waals surface area (Å²) >= 11 is 0. The number of benzene rings is 1. The Bertz CT molecular complexity index is 479. The second-order valence-electron chi connectivity index (χ2n) is 4.86. The second-order valence-corrected chi connectivity index (χ2v) is 4.86. The predicted molar refractivity (Wildman–Crippen MR) is 72.2 cm³/mol. The van der Waals surface area contributed by atoms with Gasteiger partial charge in [0.1, 0.15) is 5.82 Å². The van der Waals surface area contributed by atoms with E-state index in [1.807, 2.05) is 0 Å². The standard InChI is InChI=1S/C15H18FNO2/c16-14-10-12(5-7-15(18)19)4-6-13(14)11-17-8-2-1-3-9-17/h4-7,10H,1-3,8-9,11H2,(H,18,19)/b7-5+. The molecule has 0 saturated carbocycles. The molecule has 1 heterocycles. The number of carboxylic acid groups (broad SMARTS) is 1. The van der Waals surface area contributed by atoms with Gasteiger partial charge < -0.3 is 5.11 Å². The lowest BCUT2D eigenvalue weighted by Crippen LogP contribution is -2.29. The van der Waals surface area contributed by atoms with E-state index in [1.54, 1.807) is 12.1 Å². The van der Waals surface area contributed by atoms with E-state index in [0.717, 1.165) is 19.2 Å². The number of hydrogen-bond donors (Lipinski definition) is 1. The third-order valence-corrected chi connectivity index (χ3v) is 3.34. The molecule has 1 aliphatic rings. The van der Waals surface area contributed by atoms with Gasteiger partial charge in [-0.3, -0.25) is 4.90 Å². The Morgan fingerprint density at radius 2 is 2.05 bits per heavy atom. The van der Waals surface area contributed by atoms with Crippen LogP contribution < -0.4 is 0 Å². The number of piperidine rings is 1. The van der Waals surface area contributed by atoms with Gasteiger partial charge in [0.2, 0.25) is 0 Å². The first-order valence-electron chi connectivity index (χ1n) is 6.57. The van der Waals surface area contributed by atoms with Crippen LogP contribution in [0.3, 0.4) is 0 Å². The molecule has 0 amide bonds. The van der Waals surface area contributed by atoms with Crippen LogP contribution >= 0.6 is 0 Å². The average Bonchev–Trinajstić information content (AvgIpc) is 2.40. The van der Waals surface area contributed by atoms with Crippen LogP contribution in [0.2, 0.25) is 0 Å². The van der Waals surface area contributed by atoms with Crippen molar-refractivity contribution in [1.29, 1.82) is 0 Å². The fraction of sp³-hybridized carbons (Fsp3) is 0.400. The van der Waals surface area contributed by atoms with E-state index in [-0.39, 0.29) is 5.82 Å². The van der Waals surface area contributed by atoms with Crippen LogP contribution in [0.5, 0.6) is 0 Å². The zero-order valence-corrected chi connectivity index (χ0v) is 10.8. The van der Waals surface area contributed by atoms with Gasteiger partial charge in [0, 0.05) is 18.2 Å². The third kappa shape index (κ3) is 4.17. The molecule has 4 heteroatoms. The SMILES string of the molecule is O=C(O)/C=C/c1ccc(CN2CCCCC2)c(F)c1. The second kappa shape index (κ2) is 6.48. The van der Waals surface area contributed by atoms with Crippen LogP contribution in [0, 0.1) is 5.82 Å². The Labute approximate surface area is 112 Å². The number of likely N-dealkylation sites (tertiary alicyclic amines) is 1. The normalized spacial score (nSPS) is 16.9. The molecule has 1 aromatic carbocycles. The van der Waals surface area contributed by atoms with Crippen LogP contribution in [0.25, 0.3) is 6.08 Å². The zero-order chi connectivity index (χ0) is 13.7. The zero-order valence-electron chi connectivity index (χ0n) is 10.8. The van der Waals surface area contributed by atoms with Crippen molar-refractivity contribution in [3.05, 3.63) is 41.2 Å². The van der Waals surface area contributed by atoms with Gasteiger partial charge >= 0.3 is 5.97 Å². The lowest BCUT2D eigenvalue weighted by molar-refractivity contribution is -0.131. The predicted octanol–water partition coefficient (Wildman–Crippen LogP) is 2.91. The van der Waals surface area contributed by atoms with Crippen LogP contribution in [0.1, 0.15) is 30.4 Å². The van der Waals surface area contributed by atoms with Gasteiger partial charge in [0.25, 0.3) is 0 Å². The Kier molecular flexibility index (Phi) is 4.68. The molecule has 1 aliphatic heterocycles. The summed E-state index contributed by atoms with van der Waals surface area (Å²) in [6, 6.07) is 4.88. The van der Waals surface area contributed by atoms with Crippen molar-refractivity contribution in [3.8, 4) is 0 Å². The van der Waals surface area contributed by atoms with Crippen molar-refractivity contribution in [2.45, 2.75) is 25.8 Å². The van der Waals surface area contributed by atoms with Crippen molar-refractivity contribution in [2.24, 2.45) is 0 Å². The van der Waals surface area contributed by atoms with Gasteiger partial charge in [-0.1, -0.05) is 18.6 Å². The smallest absolute Gasteiger partial charge is 0.328 e. The molecule has 19 heavy (non-hydrogen) atoms. The number of rotatable bonds is 4. The molecule has 3 nitrogen and oxygen atoms in total. The Morgan fingerprint density at radius 3 is 2.68 bits per heavy atom. The molecule has 0 radical (unpaired) electrons. The first-order valence-corrected chi connectivity index (χ1v) is 6.57. The molecular formula is C15H18FNO2. The minimum Gasteiger partial charge on any atom is -0.478 e. The maximum absolute atomic E-state index is 13.9. The quantitative estimate of drug-likeness (QED) is 0.849. The van der Waals surface area contributed by atoms with E-state index in [1.165, 1.54) is 31.4 Å². The van der Waals surface area contributed by atoms with Gasteiger partial charge in [-0.05, 0) is 43.6 Å². The number of carboxylic acids is 1. The maximum atomic E-state index is 13.9. The molecule has 1 N–H and O–H groups in total. The minimum absolute atomic E-state index is 0.266. The molecule has 1 aromatic rings. The number of aliphatic carboxylic acids is 1. The largest absolute Gasteiger partial charge is 0.478 e. The molecule has 0 bridgehead atoms. The molecule has 1 saturated heterocycles. The fourth-order valence-corrected chi connectivity index (χ4v) is 2.32. The third-order valence-electron chi connectivity index (χ3n) is 3.34. The maximum Gasteiger partial charge on any atom is 0.328 e. The number of hydrogen-bond acceptors (Lipinski definition) is 2. The minimum atomic E-state index is -1.03. The van der Waals surface area contributed by atoms with Crippen LogP contribution in [-0.2, 0) is 11.3 Å². The Morgan fingerprint density at radius 1 is 1.32 bits per heavy atom. The summed E-state index contributed by atoms with van der Waals surface area (Å²) in [5.41, 5.74) is 1.25. The van der Waals surface area contributed by atoms with Gasteiger partial charge in [-0.2, -0.15) is 0 Å². The molecule has 2 rings (SSSR count). The monoisotopic (exact) mass is 263 g/mol. The van der Waals surface area contributed by atoms with E-state index < -0.39 is 5.97 Å². The summed E-state index contributed by atoms with van der Waals surface area (Å²) in [7, 11) is 0. The molecular weight excluding hydrogens is 245 g/mol. The lowest BCUT2D eigenvalue weighted by Gasteiger charge is -2.26. The van der Waals surface area contributed by atoms with Crippen LogP contribution in [-0.4, -0.2) is 29.1 Å². The van der Waals surface area contributed by atoms with E-state index in [4.69, 9.17) is 5.11 Å². The van der Waals surface area contributed by atoms with Gasteiger partial charge in [0.05, 0.1) is 0 Å². The molecule has 1 fully saturated rings. The summed E-state index contributed by atoms with van der Waals surface area (Å²) in [6.45, 7) is 2.69. The highest BCUT2D eigenvalue weighted by Crippen LogP contribution is 2.17. The summed E-state index contributed by atoms with van der Waals surface area (Å²) < 4.78 is 13.9. The molecule has 0 atom stereocenters. The summed E-state index contributed by atoms with van der Waals surface area (Å²) in [5, 5.41) is 8.53. The molecule has 102 valence electrons. The molecule has 0 unspecified atom stereocenters. The highest BCUT2D eigenvalue weighted by Gasteiger charge is 2.12. The first kappa shape index (κ1) is 13.7. The van der Waals surface area contributed by atoms with Crippen molar-refractivity contribution < 1.29 is 14.3 Å². The average molecular weight is 263 g/mol. The van der Waals surface area contributed by atoms with E-state index >= 15 is 0 Å².